The molecule has 1 unspecified atom stereocenters. The standard InChI is InChI=1S/C14H21BrFNO/c1-3-7-17-8-6-14(2,18)10-11-4-5-12(16)9-13(11)15/h4-5,9,17-18H,3,6-8,10H2,1-2H3. The van der Waals surface area contributed by atoms with Crippen LogP contribution in [0.4, 0.5) is 4.39 Å². The van der Waals surface area contributed by atoms with E-state index in [1.54, 1.807) is 6.07 Å². The number of nitrogens with one attached hydrogen (secondary N) is 1. The van der Waals surface area contributed by atoms with Crippen molar-refractivity contribution in [2.45, 2.75) is 38.7 Å². The molecule has 0 aliphatic heterocycles. The van der Waals surface area contributed by atoms with Crippen LogP contribution in [-0.2, 0) is 6.42 Å². The maximum absolute atomic E-state index is 13.0. The van der Waals surface area contributed by atoms with Gasteiger partial charge in [-0.1, -0.05) is 28.9 Å². The summed E-state index contributed by atoms with van der Waals surface area (Å²) in [5.41, 5.74) is 0.151. The van der Waals surface area contributed by atoms with Crippen LogP contribution in [0, 0.1) is 5.82 Å². The molecule has 0 bridgehead atoms. The number of hydrogen-bond donors (Lipinski definition) is 2. The Hall–Kier alpha value is -0.450. The molecule has 2 N–H and O–H groups in total. The summed E-state index contributed by atoms with van der Waals surface area (Å²) in [5, 5.41) is 13.6. The third kappa shape index (κ3) is 5.46. The lowest BCUT2D eigenvalue weighted by molar-refractivity contribution is 0.0514. The quantitative estimate of drug-likeness (QED) is 0.756. The van der Waals surface area contributed by atoms with E-state index in [1.165, 1.54) is 12.1 Å². The summed E-state index contributed by atoms with van der Waals surface area (Å²) < 4.78 is 13.7. The van der Waals surface area contributed by atoms with Gasteiger partial charge in [-0.05, 0) is 50.6 Å². The molecule has 1 aromatic rings. The summed E-state index contributed by atoms with van der Waals surface area (Å²) >= 11 is 3.33. The van der Waals surface area contributed by atoms with Crippen molar-refractivity contribution in [1.29, 1.82) is 0 Å². The van der Waals surface area contributed by atoms with E-state index in [2.05, 4.69) is 28.2 Å². The zero-order valence-corrected chi connectivity index (χ0v) is 12.6. The van der Waals surface area contributed by atoms with Gasteiger partial charge in [0, 0.05) is 10.9 Å². The van der Waals surface area contributed by atoms with Gasteiger partial charge in [-0.3, -0.25) is 0 Å². The first kappa shape index (κ1) is 15.6. The third-order valence-corrected chi connectivity index (χ3v) is 3.59. The van der Waals surface area contributed by atoms with Gasteiger partial charge >= 0.3 is 0 Å². The van der Waals surface area contributed by atoms with Gasteiger partial charge in [-0.25, -0.2) is 4.39 Å². The summed E-state index contributed by atoms with van der Waals surface area (Å²) in [7, 11) is 0. The van der Waals surface area contributed by atoms with Gasteiger partial charge in [-0.2, -0.15) is 0 Å². The molecule has 0 fully saturated rings. The van der Waals surface area contributed by atoms with Crippen LogP contribution in [0.2, 0.25) is 0 Å². The normalized spacial score (nSPS) is 14.5. The van der Waals surface area contributed by atoms with Gasteiger partial charge in [0.1, 0.15) is 5.82 Å². The van der Waals surface area contributed by atoms with Crippen LogP contribution in [0.1, 0.15) is 32.3 Å². The highest BCUT2D eigenvalue weighted by Crippen LogP contribution is 2.24. The molecule has 1 rings (SSSR count). The average Bonchev–Trinajstić information content (AvgIpc) is 2.28. The van der Waals surface area contributed by atoms with E-state index in [1.807, 2.05) is 6.92 Å². The predicted octanol–water partition coefficient (Wildman–Crippen LogP) is 3.27. The molecule has 0 aliphatic rings. The molecule has 0 heterocycles. The molecular formula is C14H21BrFNO. The number of halogens is 2. The Labute approximate surface area is 117 Å². The molecule has 0 aliphatic carbocycles. The molecular weight excluding hydrogens is 297 g/mol. The monoisotopic (exact) mass is 317 g/mol. The van der Waals surface area contributed by atoms with Crippen molar-refractivity contribution in [2.24, 2.45) is 0 Å². The number of hydrogen-bond acceptors (Lipinski definition) is 2. The fraction of sp³-hybridized carbons (Fsp3) is 0.571. The van der Waals surface area contributed by atoms with Crippen LogP contribution in [-0.4, -0.2) is 23.8 Å². The van der Waals surface area contributed by atoms with Crippen LogP contribution in [0.15, 0.2) is 22.7 Å². The molecule has 18 heavy (non-hydrogen) atoms. The van der Waals surface area contributed by atoms with E-state index in [9.17, 15) is 9.50 Å². The van der Waals surface area contributed by atoms with E-state index < -0.39 is 5.60 Å². The van der Waals surface area contributed by atoms with E-state index in [0.29, 0.717) is 17.3 Å². The van der Waals surface area contributed by atoms with Crippen LogP contribution in [0.3, 0.4) is 0 Å². The number of aliphatic hydroxyl groups is 1. The van der Waals surface area contributed by atoms with E-state index >= 15 is 0 Å². The molecule has 0 saturated carbocycles. The molecule has 0 radical (unpaired) electrons. The summed E-state index contributed by atoms with van der Waals surface area (Å²) in [6, 6.07) is 4.57. The molecule has 2 nitrogen and oxygen atoms in total. The van der Waals surface area contributed by atoms with Gasteiger partial charge in [0.25, 0.3) is 0 Å². The van der Waals surface area contributed by atoms with Crippen molar-refractivity contribution >= 4 is 15.9 Å². The Kier molecular flexibility index (Phi) is 6.26. The van der Waals surface area contributed by atoms with Crippen molar-refractivity contribution < 1.29 is 9.50 Å². The van der Waals surface area contributed by atoms with Crippen LogP contribution in [0.25, 0.3) is 0 Å². The largest absolute Gasteiger partial charge is 0.390 e. The highest BCUT2D eigenvalue weighted by Gasteiger charge is 2.21. The van der Waals surface area contributed by atoms with E-state index in [0.717, 1.165) is 25.1 Å². The summed E-state index contributed by atoms with van der Waals surface area (Å²) in [4.78, 5) is 0. The van der Waals surface area contributed by atoms with Gasteiger partial charge in [0.05, 0.1) is 5.60 Å². The van der Waals surface area contributed by atoms with E-state index in [-0.39, 0.29) is 5.82 Å². The first-order valence-electron chi connectivity index (χ1n) is 6.31. The van der Waals surface area contributed by atoms with Crippen molar-refractivity contribution in [3.05, 3.63) is 34.1 Å². The lowest BCUT2D eigenvalue weighted by Crippen LogP contribution is -2.32. The highest BCUT2D eigenvalue weighted by molar-refractivity contribution is 9.10. The molecule has 0 saturated heterocycles. The van der Waals surface area contributed by atoms with Gasteiger partial charge < -0.3 is 10.4 Å². The topological polar surface area (TPSA) is 32.3 Å². The average molecular weight is 318 g/mol. The molecule has 1 aromatic carbocycles. The fourth-order valence-electron chi connectivity index (χ4n) is 1.82. The lowest BCUT2D eigenvalue weighted by Gasteiger charge is -2.24. The van der Waals surface area contributed by atoms with E-state index in [4.69, 9.17) is 0 Å². The lowest BCUT2D eigenvalue weighted by atomic mass is 9.93. The second kappa shape index (κ2) is 7.22. The number of rotatable bonds is 7. The molecule has 0 aromatic heterocycles. The molecule has 0 spiro atoms. The van der Waals surface area contributed by atoms with Gasteiger partial charge in [0.2, 0.25) is 0 Å². The predicted molar refractivity (Wildman–Crippen MR) is 76.2 cm³/mol. The van der Waals surface area contributed by atoms with Crippen LogP contribution >= 0.6 is 15.9 Å². The van der Waals surface area contributed by atoms with Crippen molar-refractivity contribution in [3.8, 4) is 0 Å². The third-order valence-electron chi connectivity index (χ3n) is 2.85. The summed E-state index contributed by atoms with van der Waals surface area (Å²) in [6.07, 6.45) is 2.28. The Morgan fingerprint density at radius 3 is 2.72 bits per heavy atom. The van der Waals surface area contributed by atoms with Crippen molar-refractivity contribution in [1.82, 2.24) is 5.32 Å². The smallest absolute Gasteiger partial charge is 0.124 e. The minimum absolute atomic E-state index is 0.269. The minimum atomic E-state index is -0.777. The van der Waals surface area contributed by atoms with Crippen LogP contribution in [0.5, 0.6) is 0 Å². The maximum Gasteiger partial charge on any atom is 0.124 e. The Balaban J connectivity index is 2.53. The highest BCUT2D eigenvalue weighted by atomic mass is 79.9. The van der Waals surface area contributed by atoms with Gasteiger partial charge in [-0.15, -0.1) is 0 Å². The Morgan fingerprint density at radius 1 is 1.39 bits per heavy atom. The second-order valence-electron chi connectivity index (χ2n) is 4.91. The summed E-state index contributed by atoms with van der Waals surface area (Å²) in [5.74, 6) is -0.269. The van der Waals surface area contributed by atoms with Crippen molar-refractivity contribution in [2.75, 3.05) is 13.1 Å². The molecule has 0 amide bonds. The minimum Gasteiger partial charge on any atom is -0.390 e. The SMILES string of the molecule is CCCNCCC(C)(O)Cc1ccc(F)cc1Br. The van der Waals surface area contributed by atoms with Crippen LogP contribution < -0.4 is 5.32 Å². The second-order valence-corrected chi connectivity index (χ2v) is 5.76. The Bertz CT molecular complexity index is 382. The molecule has 102 valence electrons. The van der Waals surface area contributed by atoms with Crippen molar-refractivity contribution in [3.63, 3.8) is 0 Å². The molecule has 4 heteroatoms. The zero-order chi connectivity index (χ0) is 13.6. The summed E-state index contributed by atoms with van der Waals surface area (Å²) in [6.45, 7) is 5.69. The molecule has 1 atom stereocenters. The first-order chi connectivity index (χ1) is 8.44. The van der Waals surface area contributed by atoms with Gasteiger partial charge in [0.15, 0.2) is 0 Å². The zero-order valence-electron chi connectivity index (χ0n) is 11.0. The first-order valence-corrected chi connectivity index (χ1v) is 7.11. The Morgan fingerprint density at radius 2 is 2.11 bits per heavy atom. The maximum atomic E-state index is 13.0. The number of benzene rings is 1. The fourth-order valence-corrected chi connectivity index (χ4v) is 2.31.